The lowest BCUT2D eigenvalue weighted by molar-refractivity contribution is 1.23. The number of aromatic nitrogens is 1. The fraction of sp³-hybridized carbons (Fsp3) is 0.167. The van der Waals surface area contributed by atoms with Crippen LogP contribution in [0.3, 0.4) is 0 Å². The van der Waals surface area contributed by atoms with E-state index in [4.69, 9.17) is 0 Å². The molecule has 4 heteroatoms. The summed E-state index contributed by atoms with van der Waals surface area (Å²) >= 11 is 3.25. The minimum absolute atomic E-state index is 0.233. The van der Waals surface area contributed by atoms with Crippen molar-refractivity contribution in [2.45, 2.75) is 5.33 Å². The Kier molecular flexibility index (Phi) is 2.50. The molecule has 0 aliphatic heterocycles. The largest absolute Gasteiger partial charge is 0.234 e. The van der Waals surface area contributed by atoms with Gasteiger partial charge in [0, 0.05) is 11.5 Å². The lowest BCUT2D eigenvalue weighted by Crippen LogP contribution is -1.77. The van der Waals surface area contributed by atoms with Gasteiger partial charge in [0.05, 0.1) is 0 Å². The summed E-state index contributed by atoms with van der Waals surface area (Å²) < 4.78 is 0. The van der Waals surface area contributed by atoms with Crippen molar-refractivity contribution in [1.82, 2.24) is 4.98 Å². The number of nitrogens with zero attached hydrogens (tertiary/aromatic N) is 2. The van der Waals surface area contributed by atoms with Gasteiger partial charge in [0.25, 0.3) is 0 Å². The number of hydrogen-bond acceptors (Lipinski definition) is 3. The van der Waals surface area contributed by atoms with Crippen LogP contribution in [0, 0.1) is 4.91 Å². The molecule has 10 heavy (non-hydrogen) atoms. The van der Waals surface area contributed by atoms with Crippen LogP contribution in [0.15, 0.2) is 23.5 Å². The Hall–Kier alpha value is -0.770. The molecule has 0 saturated heterocycles. The molecule has 0 bridgehead atoms. The zero-order chi connectivity index (χ0) is 7.40. The Morgan fingerprint density at radius 2 is 2.50 bits per heavy atom. The highest BCUT2D eigenvalue weighted by molar-refractivity contribution is 9.08. The van der Waals surface area contributed by atoms with E-state index in [0.29, 0.717) is 0 Å². The number of alkyl halides is 1. The maximum Gasteiger partial charge on any atom is 0.196 e. The zero-order valence-electron chi connectivity index (χ0n) is 5.12. The number of nitroso groups, excluding NO2 is 1. The fourth-order valence-corrected chi connectivity index (χ4v) is 0.942. The van der Waals surface area contributed by atoms with Crippen molar-refractivity contribution in [3.8, 4) is 0 Å². The third-order valence-corrected chi connectivity index (χ3v) is 1.71. The van der Waals surface area contributed by atoms with E-state index < -0.39 is 0 Å². The second kappa shape index (κ2) is 3.41. The molecule has 0 atom stereocenters. The molecule has 0 radical (unpaired) electrons. The molecule has 0 N–H and O–H groups in total. The number of rotatable bonds is 2. The van der Waals surface area contributed by atoms with Crippen molar-refractivity contribution in [3.63, 3.8) is 0 Å². The summed E-state index contributed by atoms with van der Waals surface area (Å²) in [5.41, 5.74) is 1.00. The first-order valence-corrected chi connectivity index (χ1v) is 3.83. The minimum Gasteiger partial charge on any atom is -0.234 e. The predicted octanol–water partition coefficient (Wildman–Crippen LogP) is 2.37. The molecule has 3 nitrogen and oxygen atoms in total. The van der Waals surface area contributed by atoms with Gasteiger partial charge in [-0.05, 0) is 22.9 Å². The van der Waals surface area contributed by atoms with Crippen molar-refractivity contribution in [2.75, 3.05) is 0 Å². The molecule has 1 rings (SSSR count). The smallest absolute Gasteiger partial charge is 0.196 e. The van der Waals surface area contributed by atoms with E-state index in [1.807, 2.05) is 6.07 Å². The van der Waals surface area contributed by atoms with Gasteiger partial charge in [-0.25, -0.2) is 4.98 Å². The van der Waals surface area contributed by atoms with Crippen LogP contribution in [0.4, 0.5) is 5.82 Å². The number of halogens is 1. The summed E-state index contributed by atoms with van der Waals surface area (Å²) in [5, 5.41) is 3.42. The monoisotopic (exact) mass is 200 g/mol. The Labute approximate surface area is 66.6 Å². The summed E-state index contributed by atoms with van der Waals surface area (Å²) in [6.45, 7) is 0. The van der Waals surface area contributed by atoms with E-state index in [-0.39, 0.29) is 5.82 Å². The second-order valence-corrected chi connectivity index (χ2v) is 2.31. The van der Waals surface area contributed by atoms with Crippen molar-refractivity contribution in [1.29, 1.82) is 0 Å². The first-order valence-electron chi connectivity index (χ1n) is 2.71. The standard InChI is InChI=1S/C6H5BrN2O/c7-4-5-1-2-8-6(3-5)9-10/h1-3H,4H2. The third-order valence-electron chi connectivity index (χ3n) is 1.06. The quantitative estimate of drug-likeness (QED) is 0.544. The van der Waals surface area contributed by atoms with Crippen LogP contribution in [-0.4, -0.2) is 4.98 Å². The van der Waals surface area contributed by atoms with Gasteiger partial charge in [-0.2, -0.15) is 0 Å². The van der Waals surface area contributed by atoms with Crippen LogP contribution >= 0.6 is 15.9 Å². The maximum absolute atomic E-state index is 9.95. The summed E-state index contributed by atoms with van der Waals surface area (Å²) in [6, 6.07) is 3.46. The average molecular weight is 201 g/mol. The SMILES string of the molecule is O=Nc1cc(CBr)ccn1. The second-order valence-electron chi connectivity index (χ2n) is 1.75. The maximum atomic E-state index is 9.95. The van der Waals surface area contributed by atoms with E-state index in [9.17, 15) is 4.91 Å². The van der Waals surface area contributed by atoms with Gasteiger partial charge < -0.3 is 0 Å². The highest BCUT2D eigenvalue weighted by Crippen LogP contribution is 2.11. The van der Waals surface area contributed by atoms with Gasteiger partial charge in [0.1, 0.15) is 0 Å². The van der Waals surface area contributed by atoms with Gasteiger partial charge in [-0.15, -0.1) is 4.91 Å². The average Bonchev–Trinajstić information content (AvgIpc) is 2.05. The van der Waals surface area contributed by atoms with E-state index in [1.54, 1.807) is 12.3 Å². The molecule has 0 unspecified atom stereocenters. The van der Waals surface area contributed by atoms with Crippen LogP contribution in [0.5, 0.6) is 0 Å². The molecular formula is C6H5BrN2O. The van der Waals surface area contributed by atoms with Crippen molar-refractivity contribution >= 4 is 21.7 Å². The van der Waals surface area contributed by atoms with Gasteiger partial charge in [0.15, 0.2) is 5.82 Å². The minimum atomic E-state index is 0.233. The van der Waals surface area contributed by atoms with Gasteiger partial charge in [-0.1, -0.05) is 15.9 Å². The summed E-state index contributed by atoms with van der Waals surface area (Å²) in [6.07, 6.45) is 1.56. The van der Waals surface area contributed by atoms with Gasteiger partial charge in [-0.3, -0.25) is 0 Å². The van der Waals surface area contributed by atoms with Crippen LogP contribution < -0.4 is 0 Å². The fourth-order valence-electron chi connectivity index (χ4n) is 0.594. The topological polar surface area (TPSA) is 42.3 Å². The molecule has 1 aromatic rings. The Morgan fingerprint density at radius 3 is 3.10 bits per heavy atom. The molecule has 0 aromatic carbocycles. The van der Waals surface area contributed by atoms with Crippen molar-refractivity contribution < 1.29 is 0 Å². The molecule has 0 spiro atoms. The number of pyridine rings is 1. The molecule has 0 saturated carbocycles. The first-order chi connectivity index (χ1) is 4.86. The van der Waals surface area contributed by atoms with E-state index in [1.165, 1.54) is 0 Å². The molecular weight excluding hydrogens is 196 g/mol. The molecule has 52 valence electrons. The van der Waals surface area contributed by atoms with Gasteiger partial charge >= 0.3 is 0 Å². The highest BCUT2D eigenvalue weighted by Gasteiger charge is 1.93. The molecule has 0 aliphatic rings. The summed E-state index contributed by atoms with van der Waals surface area (Å²) in [5.74, 6) is 0.233. The Balaban J connectivity index is 2.98. The van der Waals surface area contributed by atoms with Gasteiger partial charge in [0.2, 0.25) is 0 Å². The Morgan fingerprint density at radius 1 is 1.70 bits per heavy atom. The molecule has 0 fully saturated rings. The Bertz CT molecular complexity index is 239. The molecule has 0 aliphatic carbocycles. The van der Waals surface area contributed by atoms with E-state index in [2.05, 4.69) is 26.1 Å². The normalized spacial score (nSPS) is 9.30. The molecule has 0 amide bonds. The predicted molar refractivity (Wildman–Crippen MR) is 42.3 cm³/mol. The summed E-state index contributed by atoms with van der Waals surface area (Å²) in [4.78, 5) is 13.7. The van der Waals surface area contributed by atoms with E-state index in [0.717, 1.165) is 10.9 Å². The van der Waals surface area contributed by atoms with Crippen molar-refractivity contribution in [2.24, 2.45) is 5.18 Å². The molecule has 1 aromatic heterocycles. The van der Waals surface area contributed by atoms with Crippen LogP contribution in [0.1, 0.15) is 5.56 Å². The van der Waals surface area contributed by atoms with Crippen LogP contribution in [-0.2, 0) is 5.33 Å². The lowest BCUT2D eigenvalue weighted by Gasteiger charge is -1.91. The van der Waals surface area contributed by atoms with Crippen LogP contribution in [0.25, 0.3) is 0 Å². The zero-order valence-corrected chi connectivity index (χ0v) is 6.71. The first kappa shape index (κ1) is 7.34. The van der Waals surface area contributed by atoms with Crippen LogP contribution in [0.2, 0.25) is 0 Å². The lowest BCUT2D eigenvalue weighted by atomic mass is 10.3. The number of hydrogen-bond donors (Lipinski definition) is 0. The highest BCUT2D eigenvalue weighted by atomic mass is 79.9. The van der Waals surface area contributed by atoms with E-state index >= 15 is 0 Å². The molecule has 1 heterocycles. The summed E-state index contributed by atoms with van der Waals surface area (Å²) in [7, 11) is 0. The van der Waals surface area contributed by atoms with Crippen molar-refractivity contribution in [3.05, 3.63) is 28.8 Å². The third kappa shape index (κ3) is 1.60.